The Bertz CT molecular complexity index is 1250. The van der Waals surface area contributed by atoms with Crippen molar-refractivity contribution in [3.8, 4) is 0 Å². The Labute approximate surface area is 237 Å². The van der Waals surface area contributed by atoms with Crippen LogP contribution in [0.3, 0.4) is 0 Å². The predicted molar refractivity (Wildman–Crippen MR) is 161 cm³/mol. The summed E-state index contributed by atoms with van der Waals surface area (Å²) < 4.78 is 16.3. The van der Waals surface area contributed by atoms with Crippen LogP contribution >= 0.6 is 23.4 Å². The van der Waals surface area contributed by atoms with Gasteiger partial charge in [0.05, 0.1) is 16.0 Å². The molecule has 1 spiro atoms. The Hall–Kier alpha value is -2.24. The van der Waals surface area contributed by atoms with E-state index < -0.39 is 11.4 Å². The van der Waals surface area contributed by atoms with Gasteiger partial charge in [-0.05, 0) is 77.4 Å². The van der Waals surface area contributed by atoms with Crippen LogP contribution in [0.15, 0.2) is 62.6 Å². The first-order valence-electron chi connectivity index (χ1n) is 12.6. The van der Waals surface area contributed by atoms with Crippen LogP contribution in [0.5, 0.6) is 0 Å². The standard InChI is InChI=1S/C27H36ClN7OS2/c1-6-7-17-18(31-5)16-27(23(17)34-38(36)26(2,3)4)11-14-35(15-12-27)21-9-8-20(24(29)33-21)37-19-10-13-32-25(30)22(19)28/h6-10,13,23,34H,5,11-12,14-16H2,1-4H3,(H2,29,33)(H2,30,32)/b7-6-/t23-,38-/m1/s1. The number of nitrogen functional groups attached to an aromatic ring is 2. The van der Waals surface area contributed by atoms with Crippen molar-refractivity contribution in [2.75, 3.05) is 29.5 Å². The number of hydrogen-bond acceptors (Lipinski definition) is 9. The van der Waals surface area contributed by atoms with Crippen LogP contribution in [0.4, 0.5) is 17.5 Å². The van der Waals surface area contributed by atoms with Gasteiger partial charge >= 0.3 is 0 Å². The molecule has 8 nitrogen and oxygen atoms in total. The summed E-state index contributed by atoms with van der Waals surface area (Å²) in [7, 11) is 0. The quantitative estimate of drug-likeness (QED) is 0.297. The van der Waals surface area contributed by atoms with Gasteiger partial charge in [-0.2, -0.15) is 0 Å². The fourth-order valence-corrected chi connectivity index (χ4v) is 7.04. The fraction of sp³-hybridized carbons (Fsp3) is 0.444. The van der Waals surface area contributed by atoms with E-state index in [1.54, 1.807) is 6.20 Å². The van der Waals surface area contributed by atoms with Crippen LogP contribution in [0.25, 0.3) is 0 Å². The van der Waals surface area contributed by atoms with E-state index in [-0.39, 0.29) is 22.0 Å². The third kappa shape index (κ3) is 5.84. The minimum absolute atomic E-state index is 0.0595. The number of nitrogens with zero attached hydrogens (tertiary/aromatic N) is 4. The third-order valence-electron chi connectivity index (χ3n) is 7.15. The van der Waals surface area contributed by atoms with Gasteiger partial charge in [0.2, 0.25) is 0 Å². The van der Waals surface area contributed by atoms with Crippen molar-refractivity contribution in [2.24, 2.45) is 10.4 Å². The van der Waals surface area contributed by atoms with E-state index in [0.29, 0.717) is 10.8 Å². The number of nitrogens with one attached hydrogen (secondary N) is 1. The van der Waals surface area contributed by atoms with Crippen LogP contribution in [0, 0.1) is 5.41 Å². The largest absolute Gasteiger partial charge is 0.598 e. The predicted octanol–water partition coefficient (Wildman–Crippen LogP) is 5.39. The summed E-state index contributed by atoms with van der Waals surface area (Å²) in [5, 5.41) is 0.411. The molecule has 2 atom stereocenters. The molecular weight excluding hydrogens is 538 g/mol. The third-order valence-corrected chi connectivity index (χ3v) is 10.3. The molecule has 2 aromatic rings. The molecule has 0 bridgehead atoms. The molecular formula is C27H36ClN7OS2. The van der Waals surface area contributed by atoms with Crippen LogP contribution < -0.4 is 21.1 Å². The van der Waals surface area contributed by atoms with Gasteiger partial charge in [-0.25, -0.2) is 9.97 Å². The molecule has 38 heavy (non-hydrogen) atoms. The number of anilines is 3. The zero-order valence-electron chi connectivity index (χ0n) is 22.3. The first-order chi connectivity index (χ1) is 18.0. The highest BCUT2D eigenvalue weighted by molar-refractivity contribution is 7.99. The number of nitrogens with two attached hydrogens (primary N) is 2. The normalized spacial score (nSPS) is 20.5. The average molecular weight is 574 g/mol. The van der Waals surface area contributed by atoms with Gasteiger partial charge in [-0.3, -0.25) is 4.99 Å². The summed E-state index contributed by atoms with van der Waals surface area (Å²) in [6, 6.07) is 5.71. The monoisotopic (exact) mass is 573 g/mol. The number of rotatable bonds is 7. The van der Waals surface area contributed by atoms with E-state index in [9.17, 15) is 4.55 Å². The Morgan fingerprint density at radius 3 is 2.55 bits per heavy atom. The molecule has 0 radical (unpaired) electrons. The summed E-state index contributed by atoms with van der Waals surface area (Å²) in [6.07, 6.45) is 8.33. The minimum Gasteiger partial charge on any atom is -0.598 e. The Morgan fingerprint density at radius 2 is 1.95 bits per heavy atom. The molecule has 0 saturated carbocycles. The summed E-state index contributed by atoms with van der Waals surface area (Å²) >= 11 is 6.51. The Morgan fingerprint density at radius 1 is 1.24 bits per heavy atom. The lowest BCUT2D eigenvalue weighted by atomic mass is 9.72. The van der Waals surface area contributed by atoms with Gasteiger partial charge in [-0.15, -0.1) is 4.72 Å². The molecule has 0 aromatic carbocycles. The average Bonchev–Trinajstić information content (AvgIpc) is 3.15. The molecule has 1 aliphatic heterocycles. The number of piperidine rings is 1. The fourth-order valence-electron chi connectivity index (χ4n) is 5.02. The van der Waals surface area contributed by atoms with Crippen LogP contribution in [-0.4, -0.2) is 45.1 Å². The summed E-state index contributed by atoms with van der Waals surface area (Å²) in [5.74, 6) is 1.57. The highest BCUT2D eigenvalue weighted by atomic mass is 35.5. The number of aliphatic imine (C=N–C) groups is 1. The van der Waals surface area contributed by atoms with Gasteiger partial charge in [-0.1, -0.05) is 35.5 Å². The number of pyridine rings is 2. The van der Waals surface area contributed by atoms with Crippen molar-refractivity contribution in [2.45, 2.75) is 67.5 Å². The van der Waals surface area contributed by atoms with Gasteiger partial charge in [0.1, 0.15) is 22.2 Å². The Balaban J connectivity index is 1.52. The second-order valence-electron chi connectivity index (χ2n) is 10.7. The molecule has 3 heterocycles. The van der Waals surface area contributed by atoms with E-state index >= 15 is 0 Å². The number of halogens is 1. The first kappa shape index (κ1) is 28.8. The molecule has 4 rings (SSSR count). The summed E-state index contributed by atoms with van der Waals surface area (Å²) in [4.78, 5) is 16.9. The summed E-state index contributed by atoms with van der Waals surface area (Å²) in [6.45, 7) is 13.4. The van der Waals surface area contributed by atoms with E-state index in [0.717, 1.165) is 59.2 Å². The molecule has 0 amide bonds. The maximum atomic E-state index is 13.2. The van der Waals surface area contributed by atoms with Crippen molar-refractivity contribution < 1.29 is 4.55 Å². The number of aromatic nitrogens is 2. The molecule has 1 saturated heterocycles. The molecule has 11 heteroatoms. The smallest absolute Gasteiger partial charge is 0.143 e. The topological polar surface area (TPSA) is 129 Å². The maximum absolute atomic E-state index is 13.2. The zero-order chi connectivity index (χ0) is 27.7. The molecule has 1 fully saturated rings. The van der Waals surface area contributed by atoms with Gasteiger partial charge < -0.3 is 20.9 Å². The lowest BCUT2D eigenvalue weighted by molar-refractivity contribution is 0.193. The second kappa shape index (κ2) is 11.5. The van der Waals surface area contributed by atoms with Gasteiger partial charge in [0.15, 0.2) is 0 Å². The number of allylic oxidation sites excluding steroid dienone is 2. The zero-order valence-corrected chi connectivity index (χ0v) is 24.7. The van der Waals surface area contributed by atoms with E-state index in [1.807, 2.05) is 52.0 Å². The SMILES string of the molecule is C=NC1=C(/C=C\C)[C@@H](N[S@+]([O-])C(C)(C)C)C2(CCN(c3ccc(Sc4ccnc(N)c4Cl)c(N)n3)CC2)C1. The molecule has 0 unspecified atom stereocenters. The molecule has 2 aliphatic rings. The van der Waals surface area contributed by atoms with Crippen molar-refractivity contribution in [3.63, 3.8) is 0 Å². The first-order valence-corrected chi connectivity index (χ1v) is 14.9. The van der Waals surface area contributed by atoms with Gasteiger partial charge in [0, 0.05) is 46.7 Å². The van der Waals surface area contributed by atoms with E-state index in [1.165, 1.54) is 11.8 Å². The van der Waals surface area contributed by atoms with E-state index in [2.05, 4.69) is 32.4 Å². The van der Waals surface area contributed by atoms with Crippen LogP contribution in [-0.2, 0) is 11.4 Å². The van der Waals surface area contributed by atoms with Crippen LogP contribution in [0.1, 0.15) is 47.0 Å². The summed E-state index contributed by atoms with van der Waals surface area (Å²) in [5.41, 5.74) is 14.2. The number of hydrogen-bond donors (Lipinski definition) is 3. The molecule has 5 N–H and O–H groups in total. The van der Waals surface area contributed by atoms with E-state index in [4.69, 9.17) is 28.1 Å². The van der Waals surface area contributed by atoms with Crippen molar-refractivity contribution in [1.82, 2.24) is 14.7 Å². The van der Waals surface area contributed by atoms with Crippen molar-refractivity contribution in [3.05, 3.63) is 52.8 Å². The second-order valence-corrected chi connectivity index (χ2v) is 14.1. The molecule has 1 aliphatic carbocycles. The highest BCUT2D eigenvalue weighted by Gasteiger charge is 2.51. The Kier molecular flexibility index (Phi) is 8.68. The highest BCUT2D eigenvalue weighted by Crippen LogP contribution is 2.51. The van der Waals surface area contributed by atoms with Crippen molar-refractivity contribution in [1.29, 1.82) is 0 Å². The minimum atomic E-state index is -1.21. The maximum Gasteiger partial charge on any atom is 0.143 e. The lowest BCUT2D eigenvalue weighted by Crippen LogP contribution is -2.54. The lowest BCUT2D eigenvalue weighted by Gasteiger charge is -2.44. The molecule has 2 aromatic heterocycles. The molecule has 204 valence electrons. The van der Waals surface area contributed by atoms with Crippen LogP contribution in [0.2, 0.25) is 5.02 Å². The van der Waals surface area contributed by atoms with Crippen molar-refractivity contribution >= 4 is 58.9 Å². The van der Waals surface area contributed by atoms with Gasteiger partial charge in [0.25, 0.3) is 0 Å².